The number of carboxylic acids is 1. The van der Waals surface area contributed by atoms with Gasteiger partial charge in [-0.05, 0) is 24.9 Å². The van der Waals surface area contributed by atoms with Crippen molar-refractivity contribution in [3.8, 4) is 0 Å². The number of benzene rings is 1. The summed E-state index contributed by atoms with van der Waals surface area (Å²) in [6.07, 6.45) is 1.09. The summed E-state index contributed by atoms with van der Waals surface area (Å²) in [5.74, 6) is -4.26. The lowest BCUT2D eigenvalue weighted by molar-refractivity contribution is -0.143. The molecule has 0 saturated carbocycles. The highest BCUT2D eigenvalue weighted by Crippen LogP contribution is 2.08. The number of aliphatic carboxylic acids is 1. The summed E-state index contributed by atoms with van der Waals surface area (Å²) >= 11 is 4.07. The molecule has 1 aliphatic heterocycles. The van der Waals surface area contributed by atoms with E-state index in [9.17, 15) is 29.1 Å². The minimum atomic E-state index is -1.54. The van der Waals surface area contributed by atoms with Gasteiger partial charge in [0, 0.05) is 12.2 Å². The third kappa shape index (κ3) is 8.39. The Morgan fingerprint density at radius 1 is 1.03 bits per heavy atom. The monoisotopic (exact) mass is 479 g/mol. The topological polar surface area (TPSA) is 180 Å². The first-order chi connectivity index (χ1) is 15.7. The van der Waals surface area contributed by atoms with Crippen LogP contribution in [0.2, 0.25) is 0 Å². The third-order valence-corrected chi connectivity index (χ3v) is 5.49. The van der Waals surface area contributed by atoms with Gasteiger partial charge in [0.2, 0.25) is 23.6 Å². The fourth-order valence-corrected chi connectivity index (χ4v) is 3.64. The number of thiol groups is 1. The molecule has 1 aromatic rings. The van der Waals surface area contributed by atoms with Crippen molar-refractivity contribution in [2.45, 2.75) is 49.9 Å². The normalized spacial score (nSPS) is 17.9. The van der Waals surface area contributed by atoms with Gasteiger partial charge < -0.3 is 32.1 Å². The Hall–Kier alpha value is -3.12. The molecule has 33 heavy (non-hydrogen) atoms. The molecule has 0 aromatic heterocycles. The van der Waals surface area contributed by atoms with Crippen LogP contribution in [-0.2, 0) is 30.4 Å². The van der Waals surface area contributed by atoms with Gasteiger partial charge in [-0.25, -0.2) is 4.79 Å². The van der Waals surface area contributed by atoms with Gasteiger partial charge in [0.05, 0.1) is 12.5 Å². The number of amides is 4. The first-order valence-corrected chi connectivity index (χ1v) is 11.1. The highest BCUT2D eigenvalue weighted by atomic mass is 32.1. The van der Waals surface area contributed by atoms with Crippen LogP contribution in [0.4, 0.5) is 0 Å². The summed E-state index contributed by atoms with van der Waals surface area (Å²) in [4.78, 5) is 60.5. The van der Waals surface area contributed by atoms with E-state index in [2.05, 4.69) is 33.9 Å². The van der Waals surface area contributed by atoms with Crippen molar-refractivity contribution in [3.63, 3.8) is 0 Å². The SMILES string of the molecule is NC(=O)CC(NC(=O)C(CS)NC(=O)C(Cc1ccccc1)NC(=O)C1CCCN1)C(=O)O. The smallest absolute Gasteiger partial charge is 0.326 e. The van der Waals surface area contributed by atoms with Gasteiger partial charge in [-0.3, -0.25) is 19.2 Å². The minimum Gasteiger partial charge on any atom is -0.480 e. The van der Waals surface area contributed by atoms with E-state index in [1.54, 1.807) is 12.1 Å². The van der Waals surface area contributed by atoms with Crippen molar-refractivity contribution >= 4 is 42.2 Å². The molecular formula is C21H29N5O6S. The summed E-state index contributed by atoms with van der Waals surface area (Å²) in [7, 11) is 0. The van der Waals surface area contributed by atoms with E-state index >= 15 is 0 Å². The van der Waals surface area contributed by atoms with Gasteiger partial charge in [0.25, 0.3) is 0 Å². The molecule has 0 radical (unpaired) electrons. The lowest BCUT2D eigenvalue weighted by Gasteiger charge is -2.24. The van der Waals surface area contributed by atoms with E-state index in [1.807, 2.05) is 18.2 Å². The number of carboxylic acid groups (broad SMARTS) is 1. The summed E-state index contributed by atoms with van der Waals surface area (Å²) < 4.78 is 0. The molecule has 4 amide bonds. The van der Waals surface area contributed by atoms with E-state index in [0.29, 0.717) is 13.0 Å². The maximum Gasteiger partial charge on any atom is 0.326 e. The minimum absolute atomic E-state index is 0.142. The van der Waals surface area contributed by atoms with Crippen LogP contribution in [0.15, 0.2) is 30.3 Å². The number of nitrogens with two attached hydrogens (primary N) is 1. The molecule has 11 nitrogen and oxygen atoms in total. The molecule has 0 aliphatic carbocycles. The van der Waals surface area contributed by atoms with Gasteiger partial charge in [-0.2, -0.15) is 12.6 Å². The molecular weight excluding hydrogens is 450 g/mol. The fourth-order valence-electron chi connectivity index (χ4n) is 3.38. The average molecular weight is 480 g/mol. The molecule has 4 atom stereocenters. The molecule has 1 heterocycles. The number of nitrogens with one attached hydrogen (secondary N) is 4. The van der Waals surface area contributed by atoms with Crippen LogP contribution < -0.4 is 27.0 Å². The van der Waals surface area contributed by atoms with E-state index in [-0.39, 0.29) is 18.1 Å². The molecule has 2 rings (SSSR count). The molecule has 12 heteroatoms. The predicted molar refractivity (Wildman–Crippen MR) is 122 cm³/mol. The molecule has 1 fully saturated rings. The van der Waals surface area contributed by atoms with E-state index in [1.165, 1.54) is 0 Å². The quantitative estimate of drug-likeness (QED) is 0.175. The Morgan fingerprint density at radius 2 is 1.67 bits per heavy atom. The summed E-state index contributed by atoms with van der Waals surface area (Å²) in [5.41, 5.74) is 5.83. The summed E-state index contributed by atoms with van der Waals surface area (Å²) in [5, 5.41) is 19.7. The number of hydrogen-bond acceptors (Lipinski definition) is 7. The average Bonchev–Trinajstić information content (AvgIpc) is 3.31. The van der Waals surface area contributed by atoms with Crippen LogP contribution in [0, 0.1) is 0 Å². The van der Waals surface area contributed by atoms with Crippen LogP contribution in [0.5, 0.6) is 0 Å². The summed E-state index contributed by atoms with van der Waals surface area (Å²) in [6.45, 7) is 0.714. The second kappa shape index (κ2) is 12.8. The molecule has 180 valence electrons. The number of carbonyl (C=O) groups is 5. The highest BCUT2D eigenvalue weighted by Gasteiger charge is 2.31. The van der Waals surface area contributed by atoms with Crippen molar-refractivity contribution in [1.29, 1.82) is 0 Å². The predicted octanol–water partition coefficient (Wildman–Crippen LogP) is -1.67. The Balaban J connectivity index is 2.10. The van der Waals surface area contributed by atoms with Gasteiger partial charge in [-0.1, -0.05) is 30.3 Å². The maximum absolute atomic E-state index is 13.0. The first-order valence-electron chi connectivity index (χ1n) is 10.5. The lowest BCUT2D eigenvalue weighted by Crippen LogP contribution is -2.58. The zero-order chi connectivity index (χ0) is 24.4. The summed E-state index contributed by atoms with van der Waals surface area (Å²) in [6, 6.07) is 4.95. The number of hydrogen-bond donors (Lipinski definition) is 7. The Kier molecular flexibility index (Phi) is 10.1. The number of primary amides is 1. The largest absolute Gasteiger partial charge is 0.480 e. The van der Waals surface area contributed by atoms with E-state index in [0.717, 1.165) is 12.0 Å². The van der Waals surface area contributed by atoms with E-state index < -0.39 is 54.3 Å². The third-order valence-electron chi connectivity index (χ3n) is 5.13. The second-order valence-electron chi connectivity index (χ2n) is 7.71. The molecule has 7 N–H and O–H groups in total. The Morgan fingerprint density at radius 3 is 2.21 bits per heavy atom. The second-order valence-corrected chi connectivity index (χ2v) is 8.08. The highest BCUT2D eigenvalue weighted by molar-refractivity contribution is 7.80. The maximum atomic E-state index is 13.0. The van der Waals surface area contributed by atoms with Crippen LogP contribution in [0.1, 0.15) is 24.8 Å². The van der Waals surface area contributed by atoms with Crippen molar-refractivity contribution in [3.05, 3.63) is 35.9 Å². The van der Waals surface area contributed by atoms with Crippen LogP contribution in [-0.4, -0.2) is 71.2 Å². The molecule has 4 unspecified atom stereocenters. The number of rotatable bonds is 12. The van der Waals surface area contributed by atoms with Crippen LogP contribution >= 0.6 is 12.6 Å². The zero-order valence-electron chi connectivity index (χ0n) is 18.0. The van der Waals surface area contributed by atoms with Gasteiger partial charge >= 0.3 is 5.97 Å². The Labute approximate surface area is 196 Å². The van der Waals surface area contributed by atoms with Crippen molar-refractivity contribution in [2.24, 2.45) is 5.73 Å². The van der Waals surface area contributed by atoms with Crippen LogP contribution in [0.25, 0.3) is 0 Å². The van der Waals surface area contributed by atoms with Crippen LogP contribution in [0.3, 0.4) is 0 Å². The molecule has 0 bridgehead atoms. The fraction of sp³-hybridized carbons (Fsp3) is 0.476. The number of carbonyl (C=O) groups excluding carboxylic acids is 4. The van der Waals surface area contributed by atoms with Gasteiger partial charge in [-0.15, -0.1) is 0 Å². The van der Waals surface area contributed by atoms with Crippen molar-refractivity contribution in [2.75, 3.05) is 12.3 Å². The Bertz CT molecular complexity index is 862. The molecule has 1 saturated heterocycles. The van der Waals surface area contributed by atoms with Gasteiger partial charge in [0.1, 0.15) is 18.1 Å². The standard InChI is InChI=1S/C21H29N5O6S/c22-17(27)10-15(21(31)32)25-20(30)16(11-33)26-19(29)14(9-12-5-2-1-3-6-12)24-18(28)13-7-4-8-23-13/h1-3,5-6,13-16,23,33H,4,7-11H2,(H2,22,27)(H,24,28)(H,25,30)(H,26,29)(H,31,32). The van der Waals surface area contributed by atoms with Crippen molar-refractivity contribution < 1.29 is 29.1 Å². The van der Waals surface area contributed by atoms with E-state index in [4.69, 9.17) is 5.73 Å². The molecule has 0 spiro atoms. The zero-order valence-corrected chi connectivity index (χ0v) is 18.8. The van der Waals surface area contributed by atoms with Gasteiger partial charge in [0.15, 0.2) is 0 Å². The molecule has 1 aliphatic rings. The van der Waals surface area contributed by atoms with Crippen molar-refractivity contribution in [1.82, 2.24) is 21.3 Å². The lowest BCUT2D eigenvalue weighted by atomic mass is 10.0. The molecule has 1 aromatic carbocycles. The first kappa shape index (κ1) is 26.1.